The van der Waals surface area contributed by atoms with Crippen molar-refractivity contribution >= 4 is 23.4 Å². The van der Waals surface area contributed by atoms with E-state index in [4.69, 9.17) is 15.7 Å². The van der Waals surface area contributed by atoms with Crippen molar-refractivity contribution < 1.29 is 24.3 Å². The van der Waals surface area contributed by atoms with Gasteiger partial charge in [0.15, 0.2) is 0 Å². The van der Waals surface area contributed by atoms with Gasteiger partial charge in [-0.25, -0.2) is 5.48 Å². The Balaban J connectivity index is 1.46. The minimum atomic E-state index is -1.05. The van der Waals surface area contributed by atoms with Crippen molar-refractivity contribution in [3.8, 4) is 29.4 Å². The molecule has 1 atom stereocenters. The van der Waals surface area contributed by atoms with Gasteiger partial charge in [-0.05, 0) is 78.1 Å². The number of ether oxygens (including phenoxy) is 1. The Morgan fingerprint density at radius 3 is 2.20 bits per heavy atom. The average molecular weight is 540 g/mol. The number of anilines is 1. The molecule has 0 saturated carbocycles. The van der Waals surface area contributed by atoms with Crippen molar-refractivity contribution in [3.05, 3.63) is 95.1 Å². The third kappa shape index (κ3) is 9.31. The SMILES string of the molecule is COc1cccc(CNCC(=O)Nc2ccc(C#CC#Cc3ccc(C(=O)N[C@@H](CN)C(=O)NO)cc3)cc2)c1. The van der Waals surface area contributed by atoms with Crippen LogP contribution in [0.3, 0.4) is 0 Å². The fraction of sp³-hybridized carbons (Fsp3) is 0.167. The predicted octanol–water partition coefficient (Wildman–Crippen LogP) is 1.39. The Morgan fingerprint density at radius 2 is 1.60 bits per heavy atom. The van der Waals surface area contributed by atoms with Crippen molar-refractivity contribution in [3.63, 3.8) is 0 Å². The van der Waals surface area contributed by atoms with Gasteiger partial charge in [0, 0.05) is 35.5 Å². The number of methoxy groups -OCH3 is 1. The molecule has 0 aliphatic carbocycles. The molecule has 0 spiro atoms. The van der Waals surface area contributed by atoms with Crippen LogP contribution in [0.1, 0.15) is 27.0 Å². The Kier molecular flexibility index (Phi) is 11.3. The first-order chi connectivity index (χ1) is 19.4. The highest BCUT2D eigenvalue weighted by Gasteiger charge is 2.19. The second-order valence-corrected chi connectivity index (χ2v) is 8.40. The minimum absolute atomic E-state index is 0.161. The van der Waals surface area contributed by atoms with Crippen molar-refractivity contribution in [2.24, 2.45) is 5.73 Å². The van der Waals surface area contributed by atoms with E-state index in [9.17, 15) is 14.4 Å². The summed E-state index contributed by atoms with van der Waals surface area (Å²) < 4.78 is 5.20. The zero-order valence-corrected chi connectivity index (χ0v) is 21.8. The van der Waals surface area contributed by atoms with Crippen molar-refractivity contribution in [1.29, 1.82) is 0 Å². The number of carbonyl (C=O) groups excluding carboxylic acids is 3. The van der Waals surface area contributed by atoms with E-state index in [1.165, 1.54) is 5.48 Å². The van der Waals surface area contributed by atoms with Gasteiger partial charge in [0.2, 0.25) is 5.91 Å². The van der Waals surface area contributed by atoms with E-state index >= 15 is 0 Å². The molecule has 0 radical (unpaired) electrons. The Hall–Kier alpha value is -5.13. The number of nitrogens with one attached hydrogen (secondary N) is 4. The lowest BCUT2D eigenvalue weighted by atomic mass is 10.1. The van der Waals surface area contributed by atoms with E-state index in [0.717, 1.165) is 16.9 Å². The monoisotopic (exact) mass is 539 g/mol. The molecule has 0 fully saturated rings. The number of amides is 3. The van der Waals surface area contributed by atoms with Gasteiger partial charge in [-0.2, -0.15) is 0 Å². The summed E-state index contributed by atoms with van der Waals surface area (Å²) in [5, 5.41) is 17.1. The summed E-state index contributed by atoms with van der Waals surface area (Å²) in [6, 6.07) is 20.1. The zero-order chi connectivity index (χ0) is 28.7. The molecule has 3 amide bonds. The van der Waals surface area contributed by atoms with Crippen molar-refractivity contribution in [2.75, 3.05) is 25.5 Å². The maximum Gasteiger partial charge on any atom is 0.267 e. The molecule has 3 aromatic rings. The highest BCUT2D eigenvalue weighted by atomic mass is 16.5. The number of hydrogen-bond donors (Lipinski definition) is 6. The number of hydroxylamine groups is 1. The fourth-order valence-corrected chi connectivity index (χ4v) is 3.41. The van der Waals surface area contributed by atoms with E-state index in [-0.39, 0.29) is 19.0 Å². The fourth-order valence-electron chi connectivity index (χ4n) is 3.41. The van der Waals surface area contributed by atoms with E-state index in [1.807, 2.05) is 24.3 Å². The number of nitrogens with two attached hydrogens (primary N) is 1. The normalized spacial score (nSPS) is 10.6. The molecule has 10 heteroatoms. The number of rotatable bonds is 10. The lowest BCUT2D eigenvalue weighted by Gasteiger charge is -2.14. The molecule has 0 unspecified atom stereocenters. The smallest absolute Gasteiger partial charge is 0.267 e. The van der Waals surface area contributed by atoms with Gasteiger partial charge in [0.25, 0.3) is 11.8 Å². The molecule has 10 nitrogen and oxygen atoms in total. The highest BCUT2D eigenvalue weighted by molar-refractivity contribution is 5.97. The summed E-state index contributed by atoms with van der Waals surface area (Å²) in [5.41, 5.74) is 10.3. The Morgan fingerprint density at radius 1 is 0.950 bits per heavy atom. The second kappa shape index (κ2) is 15.3. The quantitative estimate of drug-likeness (QED) is 0.129. The van der Waals surface area contributed by atoms with Crippen LogP contribution in [0.5, 0.6) is 5.75 Å². The third-order valence-electron chi connectivity index (χ3n) is 5.51. The van der Waals surface area contributed by atoms with Gasteiger partial charge in [-0.1, -0.05) is 24.0 Å². The molecule has 3 rings (SSSR count). The average Bonchev–Trinajstić information content (AvgIpc) is 2.98. The molecule has 0 saturated heterocycles. The largest absolute Gasteiger partial charge is 0.497 e. The van der Waals surface area contributed by atoms with Crippen LogP contribution in [0.25, 0.3) is 0 Å². The summed E-state index contributed by atoms with van der Waals surface area (Å²) in [4.78, 5) is 35.9. The first-order valence-electron chi connectivity index (χ1n) is 12.2. The molecule has 0 heterocycles. The molecular weight excluding hydrogens is 510 g/mol. The molecule has 0 aliphatic rings. The molecule has 0 aromatic heterocycles. The summed E-state index contributed by atoms with van der Waals surface area (Å²) in [6.07, 6.45) is 0. The maximum absolute atomic E-state index is 12.2. The molecule has 3 aromatic carbocycles. The van der Waals surface area contributed by atoms with E-state index < -0.39 is 17.9 Å². The molecule has 0 aliphatic heterocycles. The van der Waals surface area contributed by atoms with Gasteiger partial charge in [-0.15, -0.1) is 0 Å². The number of hydrogen-bond acceptors (Lipinski definition) is 7. The standard InChI is InChI=1S/C30H29N5O5/c1-40-26-8-4-7-23(17-26)19-32-20-28(36)33-25-15-11-22(12-16-25)6-3-2-5-21-9-13-24(14-10-21)29(37)34-27(18-31)30(38)35-39/h4,7-17,27,32,39H,18-20,31H2,1H3,(H,33,36)(H,34,37)(H,35,38)/t27-/m0/s1. The van der Waals surface area contributed by atoms with Crippen LogP contribution in [-0.2, 0) is 16.1 Å². The van der Waals surface area contributed by atoms with Crippen LogP contribution in [-0.4, -0.2) is 49.2 Å². The Bertz CT molecular complexity index is 1450. The number of carbonyl (C=O) groups is 3. The van der Waals surface area contributed by atoms with Crippen LogP contribution in [0.2, 0.25) is 0 Å². The summed E-state index contributed by atoms with van der Waals surface area (Å²) >= 11 is 0. The van der Waals surface area contributed by atoms with Crippen LogP contribution in [0.4, 0.5) is 5.69 Å². The van der Waals surface area contributed by atoms with Crippen LogP contribution in [0, 0.1) is 23.7 Å². The molecule has 7 N–H and O–H groups in total. The van der Waals surface area contributed by atoms with Gasteiger partial charge < -0.3 is 26.4 Å². The minimum Gasteiger partial charge on any atom is -0.497 e. The lowest BCUT2D eigenvalue weighted by Crippen LogP contribution is -2.50. The van der Waals surface area contributed by atoms with Crippen LogP contribution >= 0.6 is 0 Å². The summed E-state index contributed by atoms with van der Waals surface area (Å²) in [7, 11) is 1.61. The highest BCUT2D eigenvalue weighted by Crippen LogP contribution is 2.12. The van der Waals surface area contributed by atoms with Gasteiger partial charge in [0.05, 0.1) is 13.7 Å². The van der Waals surface area contributed by atoms with Crippen LogP contribution < -0.4 is 31.9 Å². The van der Waals surface area contributed by atoms with Gasteiger partial charge >= 0.3 is 0 Å². The van der Waals surface area contributed by atoms with Gasteiger partial charge in [0.1, 0.15) is 11.8 Å². The van der Waals surface area contributed by atoms with E-state index in [2.05, 4.69) is 39.6 Å². The Labute approximate surface area is 232 Å². The summed E-state index contributed by atoms with van der Waals surface area (Å²) in [5.74, 6) is 10.7. The number of benzene rings is 3. The van der Waals surface area contributed by atoms with E-state index in [1.54, 1.807) is 55.6 Å². The zero-order valence-electron chi connectivity index (χ0n) is 21.8. The van der Waals surface area contributed by atoms with E-state index in [0.29, 0.717) is 23.4 Å². The topological polar surface area (TPSA) is 155 Å². The van der Waals surface area contributed by atoms with Crippen molar-refractivity contribution in [1.82, 2.24) is 16.1 Å². The molecule has 204 valence electrons. The molecular formula is C30H29N5O5. The van der Waals surface area contributed by atoms with Crippen LogP contribution in [0.15, 0.2) is 72.8 Å². The first kappa shape index (κ1) is 29.4. The van der Waals surface area contributed by atoms with Crippen molar-refractivity contribution in [2.45, 2.75) is 12.6 Å². The predicted molar refractivity (Wildman–Crippen MR) is 150 cm³/mol. The first-order valence-corrected chi connectivity index (χ1v) is 12.2. The van der Waals surface area contributed by atoms with Gasteiger partial charge in [-0.3, -0.25) is 19.6 Å². The summed E-state index contributed by atoms with van der Waals surface area (Å²) in [6.45, 7) is 0.538. The molecule has 40 heavy (non-hydrogen) atoms. The third-order valence-corrected chi connectivity index (χ3v) is 5.51. The molecule has 0 bridgehead atoms. The maximum atomic E-state index is 12.2. The second-order valence-electron chi connectivity index (χ2n) is 8.40. The lowest BCUT2D eigenvalue weighted by molar-refractivity contribution is -0.130.